The molecule has 3 heterocycles. The van der Waals surface area contributed by atoms with Crippen molar-refractivity contribution in [3.63, 3.8) is 0 Å². The molecule has 0 radical (unpaired) electrons. The minimum absolute atomic E-state index is 0.0156. The molecule has 0 aliphatic carbocycles. The predicted molar refractivity (Wildman–Crippen MR) is 197 cm³/mol. The zero-order valence-electron chi connectivity index (χ0n) is 28.9. The van der Waals surface area contributed by atoms with Gasteiger partial charge in [-0.3, -0.25) is 4.79 Å². The van der Waals surface area contributed by atoms with Crippen LogP contribution in [0.3, 0.4) is 0 Å². The molecule has 250 valence electrons. The van der Waals surface area contributed by atoms with Crippen LogP contribution in [0.2, 0.25) is 0 Å². The van der Waals surface area contributed by atoms with Gasteiger partial charge in [-0.15, -0.1) is 5.10 Å². The van der Waals surface area contributed by atoms with Gasteiger partial charge in [0.2, 0.25) is 0 Å². The number of fused-ring (bicyclic) bond motifs is 1. The number of benzene rings is 2. The molecule has 1 aliphatic heterocycles. The minimum Gasteiger partial charge on any atom is -0.347 e. The normalized spacial score (nSPS) is 15.0. The first-order valence-electron chi connectivity index (χ1n) is 17.5. The molecule has 48 heavy (non-hydrogen) atoms. The van der Waals surface area contributed by atoms with E-state index in [1.54, 1.807) is 18.3 Å². The number of nitriles is 1. The Labute approximate surface area is 289 Å². The van der Waals surface area contributed by atoms with Gasteiger partial charge in [-0.05, 0) is 31.6 Å². The van der Waals surface area contributed by atoms with Gasteiger partial charge in [0.1, 0.15) is 28.0 Å². The van der Waals surface area contributed by atoms with E-state index in [-0.39, 0.29) is 5.57 Å². The quantitative estimate of drug-likeness (QED) is 0.118. The van der Waals surface area contributed by atoms with E-state index in [0.29, 0.717) is 34.8 Å². The Bertz CT molecular complexity index is 1760. The molecule has 2 unspecified atom stereocenters. The number of unbranched alkanes of at least 4 members (excludes halogenated alkanes) is 2. The van der Waals surface area contributed by atoms with Crippen LogP contribution in [-0.2, 0) is 0 Å². The summed E-state index contributed by atoms with van der Waals surface area (Å²) in [5, 5.41) is 16.3. The average molecular weight is 662 g/mol. The smallest absolute Gasteiger partial charge is 0.291 e. The lowest BCUT2D eigenvalue weighted by Crippen LogP contribution is -2.34. The third kappa shape index (κ3) is 7.82. The maximum absolute atomic E-state index is 13.4. The van der Waals surface area contributed by atoms with Gasteiger partial charge < -0.3 is 4.90 Å². The van der Waals surface area contributed by atoms with E-state index in [0.717, 1.165) is 52.9 Å². The Morgan fingerprint density at radius 1 is 0.875 bits per heavy atom. The molecule has 0 fully saturated rings. The van der Waals surface area contributed by atoms with Crippen LogP contribution in [0.15, 0.2) is 76.8 Å². The molecule has 0 amide bonds. The number of aliphatic imine (C=N–C) groups is 1. The van der Waals surface area contributed by atoms with Crippen molar-refractivity contribution in [1.82, 2.24) is 19.7 Å². The first-order chi connectivity index (χ1) is 23.4. The van der Waals surface area contributed by atoms with Crippen LogP contribution in [0.1, 0.15) is 96.6 Å². The van der Waals surface area contributed by atoms with E-state index in [1.807, 2.05) is 48.5 Å². The summed E-state index contributed by atoms with van der Waals surface area (Å²) in [6.45, 7) is 12.8. The van der Waals surface area contributed by atoms with Crippen LogP contribution >= 0.6 is 11.3 Å². The molecule has 4 aromatic rings. The van der Waals surface area contributed by atoms with Crippen LogP contribution < -0.4 is 4.90 Å². The van der Waals surface area contributed by atoms with Crippen molar-refractivity contribution in [2.24, 2.45) is 16.8 Å². The van der Waals surface area contributed by atoms with Crippen LogP contribution in [-0.4, -0.2) is 44.5 Å². The molecule has 2 aromatic carbocycles. The highest BCUT2D eigenvalue weighted by Gasteiger charge is 2.33. The summed E-state index contributed by atoms with van der Waals surface area (Å²) in [7, 11) is 0. The number of carbonyl (C=O) groups is 1. The van der Waals surface area contributed by atoms with Gasteiger partial charge in [-0.1, -0.05) is 138 Å². The summed E-state index contributed by atoms with van der Waals surface area (Å²) in [5.41, 5.74) is 3.50. The number of rotatable bonds is 16. The van der Waals surface area contributed by atoms with Crippen molar-refractivity contribution in [1.29, 1.82) is 5.26 Å². The van der Waals surface area contributed by atoms with Crippen LogP contribution in [0.4, 0.5) is 10.1 Å². The monoisotopic (exact) mass is 661 g/mol. The standard InChI is InChI=1S/C39H47N7OS/c1-6-10-18-28(8-3)25-45(26-29(9-4)19-11-7-2)39-42-34(30-20-14-12-15-21-30)37(48-39)41-33-27(5)32(24-40)38(47)46-36(33)43-35(44-46)31-22-16-13-17-23-31/h12-17,20-23,28-29H,6-11,18-19,25-26H2,1-5H3/b41-33-. The number of nitrogens with zero attached hydrogens (tertiary/aromatic N) is 7. The maximum Gasteiger partial charge on any atom is 0.291 e. The molecular formula is C39H47N7OS. The number of aromatic nitrogens is 4. The molecule has 8 nitrogen and oxygen atoms in total. The van der Waals surface area contributed by atoms with Crippen molar-refractivity contribution in [2.75, 3.05) is 18.0 Å². The van der Waals surface area contributed by atoms with Crippen molar-refractivity contribution in [2.45, 2.75) is 86.0 Å². The molecule has 9 heteroatoms. The van der Waals surface area contributed by atoms with E-state index in [2.05, 4.69) is 55.9 Å². The fourth-order valence-corrected chi connectivity index (χ4v) is 7.21. The van der Waals surface area contributed by atoms with Crippen molar-refractivity contribution in [3.8, 4) is 28.7 Å². The van der Waals surface area contributed by atoms with Gasteiger partial charge in [-0.25, -0.2) is 15.0 Å². The average Bonchev–Trinajstić information content (AvgIpc) is 3.76. The highest BCUT2D eigenvalue weighted by atomic mass is 32.1. The summed E-state index contributed by atoms with van der Waals surface area (Å²) in [5.74, 6) is 1.41. The summed E-state index contributed by atoms with van der Waals surface area (Å²) in [6.07, 6.45) is 9.50. The zero-order valence-corrected chi connectivity index (χ0v) is 29.8. The summed E-state index contributed by atoms with van der Waals surface area (Å²) >= 11 is 1.58. The lowest BCUT2D eigenvalue weighted by Gasteiger charge is -2.30. The molecule has 0 saturated carbocycles. The third-order valence-corrected chi connectivity index (χ3v) is 10.3. The molecule has 0 spiro atoms. The van der Waals surface area contributed by atoms with E-state index in [9.17, 15) is 10.1 Å². The Hall–Kier alpha value is -4.42. The van der Waals surface area contributed by atoms with E-state index < -0.39 is 5.91 Å². The number of hydrogen-bond donors (Lipinski definition) is 0. The molecule has 0 bridgehead atoms. The minimum atomic E-state index is -0.492. The predicted octanol–water partition coefficient (Wildman–Crippen LogP) is 9.92. The zero-order chi connectivity index (χ0) is 34.0. The topological polar surface area (TPSA) is 100 Å². The van der Waals surface area contributed by atoms with Crippen molar-refractivity contribution >= 4 is 33.1 Å². The Morgan fingerprint density at radius 3 is 2.00 bits per heavy atom. The fraction of sp³-hybridized carbons (Fsp3) is 0.436. The fourth-order valence-electron chi connectivity index (χ4n) is 6.22. The highest BCUT2D eigenvalue weighted by Crippen LogP contribution is 2.42. The Balaban J connectivity index is 1.66. The van der Waals surface area contributed by atoms with Crippen LogP contribution in [0.25, 0.3) is 22.6 Å². The first kappa shape index (κ1) is 34.9. The number of carbonyl (C=O) groups excluding carboxylic acids is 1. The molecular weight excluding hydrogens is 615 g/mol. The Kier molecular flexibility index (Phi) is 12.1. The molecule has 5 rings (SSSR count). The van der Waals surface area contributed by atoms with Gasteiger partial charge in [0.05, 0.1) is 0 Å². The highest BCUT2D eigenvalue weighted by molar-refractivity contribution is 7.19. The van der Waals surface area contributed by atoms with Crippen molar-refractivity contribution < 1.29 is 4.79 Å². The largest absolute Gasteiger partial charge is 0.347 e. The second kappa shape index (κ2) is 16.6. The Morgan fingerprint density at radius 2 is 1.46 bits per heavy atom. The lowest BCUT2D eigenvalue weighted by molar-refractivity contribution is 0.0942. The SMILES string of the molecule is CCCCC(CC)CN(CC(CC)CCCC)c1nc(-c2ccccc2)c(/N=C2/C(C)=C(C#N)C(=O)n3nc(-c4ccccc4)nc32)s1. The first-order valence-corrected chi connectivity index (χ1v) is 18.3. The van der Waals surface area contributed by atoms with E-state index >= 15 is 0 Å². The number of thiazole rings is 1. The van der Waals surface area contributed by atoms with Crippen molar-refractivity contribution in [3.05, 3.63) is 77.6 Å². The van der Waals surface area contributed by atoms with Gasteiger partial charge in [-0.2, -0.15) is 9.94 Å². The number of anilines is 1. The van der Waals surface area contributed by atoms with Gasteiger partial charge in [0.25, 0.3) is 5.91 Å². The van der Waals surface area contributed by atoms with Gasteiger partial charge >= 0.3 is 0 Å². The second-order valence-electron chi connectivity index (χ2n) is 12.7. The second-order valence-corrected chi connectivity index (χ2v) is 13.6. The van der Waals surface area contributed by atoms with Crippen LogP contribution in [0, 0.1) is 23.2 Å². The number of allylic oxidation sites excluding steroid dienone is 2. The van der Waals surface area contributed by atoms with Gasteiger partial charge in [0, 0.05) is 29.8 Å². The molecule has 2 aromatic heterocycles. The molecule has 0 N–H and O–H groups in total. The summed E-state index contributed by atoms with van der Waals surface area (Å²) < 4.78 is 1.22. The maximum atomic E-state index is 13.4. The number of hydrogen-bond acceptors (Lipinski definition) is 8. The summed E-state index contributed by atoms with van der Waals surface area (Å²) in [6, 6.07) is 21.8. The van der Waals surface area contributed by atoms with E-state index in [4.69, 9.17) is 15.0 Å². The van der Waals surface area contributed by atoms with E-state index in [1.165, 1.54) is 43.2 Å². The molecule has 1 aliphatic rings. The third-order valence-electron chi connectivity index (χ3n) is 9.27. The summed E-state index contributed by atoms with van der Waals surface area (Å²) in [4.78, 5) is 31.3. The lowest BCUT2D eigenvalue weighted by atomic mass is 9.96. The molecule has 0 saturated heterocycles. The van der Waals surface area contributed by atoms with Gasteiger partial charge in [0.15, 0.2) is 16.8 Å². The van der Waals surface area contributed by atoms with Crippen LogP contribution in [0.5, 0.6) is 0 Å². The molecule has 2 atom stereocenters.